The second-order valence-electron chi connectivity index (χ2n) is 5.64. The number of hydrogen-bond donors (Lipinski definition) is 1. The molecule has 140 valence electrons. The highest BCUT2D eigenvalue weighted by Crippen LogP contribution is 2.33. The number of non-ortho nitro benzene ring substituents is 1. The molecule has 27 heavy (non-hydrogen) atoms. The second-order valence-corrected chi connectivity index (χ2v) is 5.64. The van der Waals surface area contributed by atoms with Crippen LogP contribution < -0.4 is 14.8 Å². The van der Waals surface area contributed by atoms with Crippen molar-refractivity contribution in [1.29, 1.82) is 0 Å². The van der Waals surface area contributed by atoms with Crippen LogP contribution in [-0.4, -0.2) is 24.2 Å². The van der Waals surface area contributed by atoms with Crippen LogP contribution in [0, 0.1) is 10.1 Å². The summed E-state index contributed by atoms with van der Waals surface area (Å²) in [5.74, 6) is 0.648. The zero-order chi connectivity index (χ0) is 19.2. The number of ether oxygens (including phenoxy) is 3. The molecule has 0 bridgehead atoms. The van der Waals surface area contributed by atoms with E-state index in [0.717, 1.165) is 0 Å². The number of benzene rings is 2. The molecule has 0 aromatic heterocycles. The standard InChI is InChI=1S/C19H18N2O6/c1-2-26-17-6-4-3-5-16(17)20-18(22)8-7-13-9-15(21(23)24)10-14-11-25-12-27-19(13)14/h3-10H,2,11-12H2,1H3,(H,20,22)/b8-7-. The topological polar surface area (TPSA) is 99.9 Å². The lowest BCUT2D eigenvalue weighted by molar-refractivity contribution is -0.385. The highest BCUT2D eigenvalue weighted by molar-refractivity contribution is 6.03. The van der Waals surface area contributed by atoms with Crippen LogP contribution in [0.1, 0.15) is 18.1 Å². The van der Waals surface area contributed by atoms with Gasteiger partial charge in [-0.15, -0.1) is 0 Å². The van der Waals surface area contributed by atoms with Crippen LogP contribution in [0.15, 0.2) is 42.5 Å². The molecule has 0 unspecified atom stereocenters. The van der Waals surface area contributed by atoms with Gasteiger partial charge in [-0.3, -0.25) is 14.9 Å². The first-order valence-electron chi connectivity index (χ1n) is 8.31. The van der Waals surface area contributed by atoms with Gasteiger partial charge in [-0.25, -0.2) is 0 Å². The summed E-state index contributed by atoms with van der Waals surface area (Å²) in [6.07, 6.45) is 2.77. The summed E-state index contributed by atoms with van der Waals surface area (Å²) < 4.78 is 16.1. The van der Waals surface area contributed by atoms with E-state index in [-0.39, 0.29) is 19.1 Å². The zero-order valence-corrected chi connectivity index (χ0v) is 14.6. The number of nitrogens with one attached hydrogen (secondary N) is 1. The van der Waals surface area contributed by atoms with E-state index in [2.05, 4.69) is 5.32 Å². The van der Waals surface area contributed by atoms with Gasteiger partial charge in [-0.1, -0.05) is 12.1 Å². The van der Waals surface area contributed by atoms with Crippen molar-refractivity contribution < 1.29 is 23.9 Å². The van der Waals surface area contributed by atoms with Gasteiger partial charge in [-0.05, 0) is 25.1 Å². The summed E-state index contributed by atoms with van der Waals surface area (Å²) in [7, 11) is 0. The van der Waals surface area contributed by atoms with E-state index in [9.17, 15) is 14.9 Å². The van der Waals surface area contributed by atoms with Gasteiger partial charge in [0.15, 0.2) is 6.79 Å². The minimum atomic E-state index is -0.495. The van der Waals surface area contributed by atoms with Crippen molar-refractivity contribution in [3.05, 3.63) is 63.7 Å². The third kappa shape index (κ3) is 4.42. The number of nitro groups is 1. The maximum atomic E-state index is 12.3. The van der Waals surface area contributed by atoms with Crippen LogP contribution in [0.2, 0.25) is 0 Å². The molecular formula is C19H18N2O6. The van der Waals surface area contributed by atoms with E-state index in [1.54, 1.807) is 18.2 Å². The third-order valence-electron chi connectivity index (χ3n) is 3.79. The Kier molecular flexibility index (Phi) is 5.68. The van der Waals surface area contributed by atoms with E-state index in [0.29, 0.717) is 34.9 Å². The van der Waals surface area contributed by atoms with E-state index in [1.165, 1.54) is 24.3 Å². The Morgan fingerprint density at radius 2 is 2.19 bits per heavy atom. The number of nitro benzene ring substituents is 1. The van der Waals surface area contributed by atoms with Crippen molar-refractivity contribution in [1.82, 2.24) is 0 Å². The van der Waals surface area contributed by atoms with Gasteiger partial charge in [0.2, 0.25) is 5.91 Å². The summed E-state index contributed by atoms with van der Waals surface area (Å²) in [5, 5.41) is 13.9. The molecule has 0 fully saturated rings. The molecule has 2 aromatic rings. The summed E-state index contributed by atoms with van der Waals surface area (Å²) >= 11 is 0. The maximum Gasteiger partial charge on any atom is 0.270 e. The molecule has 3 rings (SSSR count). The Balaban J connectivity index is 1.82. The first kappa shape index (κ1) is 18.4. The number of rotatable bonds is 6. The molecule has 1 aliphatic heterocycles. The SMILES string of the molecule is CCOc1ccccc1NC(=O)/C=C\c1cc([N+](=O)[O-])cc2c1OCOC2. The van der Waals surface area contributed by atoms with Crippen LogP contribution in [0.4, 0.5) is 11.4 Å². The van der Waals surface area contributed by atoms with Gasteiger partial charge in [0.25, 0.3) is 5.69 Å². The maximum absolute atomic E-state index is 12.3. The van der Waals surface area contributed by atoms with Crippen LogP contribution in [0.3, 0.4) is 0 Å². The molecule has 1 aliphatic rings. The summed E-state index contributed by atoms with van der Waals surface area (Å²) in [6, 6.07) is 9.85. The number of carbonyl (C=O) groups excluding carboxylic acids is 1. The summed E-state index contributed by atoms with van der Waals surface area (Å²) in [6.45, 7) is 2.60. The van der Waals surface area contributed by atoms with Crippen molar-refractivity contribution in [3.63, 3.8) is 0 Å². The van der Waals surface area contributed by atoms with Crippen molar-refractivity contribution in [2.45, 2.75) is 13.5 Å². The smallest absolute Gasteiger partial charge is 0.270 e. The molecule has 0 saturated carbocycles. The normalized spacial score (nSPS) is 12.9. The van der Waals surface area contributed by atoms with Crippen molar-refractivity contribution >= 4 is 23.4 Å². The van der Waals surface area contributed by atoms with Crippen LogP contribution in [0.25, 0.3) is 6.08 Å². The number of carbonyl (C=O) groups is 1. The number of nitrogens with zero attached hydrogens (tertiary/aromatic N) is 1. The van der Waals surface area contributed by atoms with E-state index in [1.807, 2.05) is 13.0 Å². The van der Waals surface area contributed by atoms with Gasteiger partial charge >= 0.3 is 0 Å². The molecule has 0 saturated heterocycles. The summed E-state index contributed by atoms with van der Waals surface area (Å²) in [4.78, 5) is 22.9. The van der Waals surface area contributed by atoms with Gasteiger partial charge in [-0.2, -0.15) is 0 Å². The molecule has 8 nitrogen and oxygen atoms in total. The zero-order valence-electron chi connectivity index (χ0n) is 14.6. The fraction of sp³-hybridized carbons (Fsp3) is 0.211. The minimum absolute atomic E-state index is 0.0551. The minimum Gasteiger partial charge on any atom is -0.492 e. The Morgan fingerprint density at radius 3 is 2.96 bits per heavy atom. The molecule has 2 aromatic carbocycles. The number of fused-ring (bicyclic) bond motifs is 1. The number of amides is 1. The Bertz CT molecular complexity index is 894. The predicted molar refractivity (Wildman–Crippen MR) is 98.7 cm³/mol. The lowest BCUT2D eigenvalue weighted by Crippen LogP contribution is -2.13. The molecule has 8 heteroatoms. The van der Waals surface area contributed by atoms with Crippen molar-refractivity contribution in [2.75, 3.05) is 18.7 Å². The number of para-hydroxylation sites is 2. The lowest BCUT2D eigenvalue weighted by Gasteiger charge is -2.19. The Hall–Kier alpha value is -3.39. The van der Waals surface area contributed by atoms with Crippen LogP contribution >= 0.6 is 0 Å². The lowest BCUT2D eigenvalue weighted by atomic mass is 10.1. The number of anilines is 1. The fourth-order valence-corrected chi connectivity index (χ4v) is 2.65. The van der Waals surface area contributed by atoms with Crippen molar-refractivity contribution in [3.8, 4) is 11.5 Å². The third-order valence-corrected chi connectivity index (χ3v) is 3.79. The largest absolute Gasteiger partial charge is 0.492 e. The van der Waals surface area contributed by atoms with Crippen LogP contribution in [0.5, 0.6) is 11.5 Å². The summed E-state index contributed by atoms with van der Waals surface area (Å²) in [5.41, 5.74) is 1.46. The van der Waals surface area contributed by atoms with E-state index in [4.69, 9.17) is 14.2 Å². The molecule has 0 radical (unpaired) electrons. The molecule has 0 aliphatic carbocycles. The quantitative estimate of drug-likeness (QED) is 0.474. The van der Waals surface area contributed by atoms with Gasteiger partial charge in [0.05, 0.1) is 23.8 Å². The predicted octanol–water partition coefficient (Wildman–Crippen LogP) is 3.51. The highest BCUT2D eigenvalue weighted by atomic mass is 16.7. The second kappa shape index (κ2) is 8.33. The van der Waals surface area contributed by atoms with E-state index >= 15 is 0 Å². The average molecular weight is 370 g/mol. The fourth-order valence-electron chi connectivity index (χ4n) is 2.65. The monoisotopic (exact) mass is 370 g/mol. The highest BCUT2D eigenvalue weighted by Gasteiger charge is 2.19. The first-order chi connectivity index (χ1) is 13.1. The molecular weight excluding hydrogens is 352 g/mol. The Morgan fingerprint density at radius 1 is 1.37 bits per heavy atom. The molecule has 1 heterocycles. The van der Waals surface area contributed by atoms with Gasteiger partial charge < -0.3 is 19.5 Å². The van der Waals surface area contributed by atoms with Gasteiger partial charge in [0.1, 0.15) is 11.5 Å². The van der Waals surface area contributed by atoms with Gasteiger partial charge in [0, 0.05) is 29.3 Å². The molecule has 1 amide bonds. The molecule has 0 spiro atoms. The van der Waals surface area contributed by atoms with Crippen molar-refractivity contribution in [2.24, 2.45) is 0 Å². The number of hydrogen-bond acceptors (Lipinski definition) is 6. The average Bonchev–Trinajstić information content (AvgIpc) is 2.67. The molecule has 0 atom stereocenters. The Labute approximate surface area is 155 Å². The molecule has 1 N–H and O–H groups in total. The van der Waals surface area contributed by atoms with E-state index < -0.39 is 10.8 Å². The van der Waals surface area contributed by atoms with Crippen LogP contribution in [-0.2, 0) is 16.1 Å². The first-order valence-corrected chi connectivity index (χ1v) is 8.31.